The summed E-state index contributed by atoms with van der Waals surface area (Å²) < 4.78 is 0. The summed E-state index contributed by atoms with van der Waals surface area (Å²) in [6, 6.07) is 0. The van der Waals surface area contributed by atoms with Crippen LogP contribution in [0.2, 0.25) is 0 Å². The molecule has 0 aliphatic rings. The topological polar surface area (TPSA) is 12.0 Å². The quantitative estimate of drug-likeness (QED) is 0.477. The Bertz CT molecular complexity index is 146. The van der Waals surface area contributed by atoms with E-state index in [0.717, 1.165) is 25.8 Å². The number of nitrogens with one attached hydrogen (secondary N) is 1. The van der Waals surface area contributed by atoms with E-state index in [0.29, 0.717) is 11.6 Å². The fourth-order valence-corrected chi connectivity index (χ4v) is 0.796. The molecule has 62 valence electrons. The van der Waals surface area contributed by atoms with Gasteiger partial charge in [-0.1, -0.05) is 18.2 Å². The third-order valence-electron chi connectivity index (χ3n) is 1.24. The summed E-state index contributed by atoms with van der Waals surface area (Å²) in [4.78, 5) is 0. The zero-order chi connectivity index (χ0) is 8.53. The lowest BCUT2D eigenvalue weighted by Crippen LogP contribution is -2.16. The van der Waals surface area contributed by atoms with E-state index in [-0.39, 0.29) is 0 Å². The summed E-state index contributed by atoms with van der Waals surface area (Å²) in [5.74, 6) is 2.60. The van der Waals surface area contributed by atoms with Gasteiger partial charge < -0.3 is 5.32 Å². The highest BCUT2D eigenvalue weighted by atomic mass is 35.5. The molecule has 0 aliphatic heterocycles. The largest absolute Gasteiger partial charge is 0.312 e. The number of hydrogen-bond donors (Lipinski definition) is 1. The Kier molecular flexibility index (Phi) is 7.34. The highest BCUT2D eigenvalue weighted by molar-refractivity contribution is 6.29. The van der Waals surface area contributed by atoms with E-state index in [1.54, 1.807) is 0 Å². The molecule has 11 heavy (non-hydrogen) atoms. The van der Waals surface area contributed by atoms with Crippen molar-refractivity contribution in [2.75, 3.05) is 13.1 Å². The van der Waals surface area contributed by atoms with Crippen LogP contribution in [0.5, 0.6) is 0 Å². The van der Waals surface area contributed by atoms with Crippen molar-refractivity contribution >= 4 is 11.6 Å². The Hall–Kier alpha value is -0.450. The van der Waals surface area contributed by atoms with Gasteiger partial charge in [-0.15, -0.1) is 12.3 Å². The minimum absolute atomic E-state index is 0.655. The van der Waals surface area contributed by atoms with Crippen LogP contribution in [0.4, 0.5) is 0 Å². The molecule has 0 fully saturated rings. The van der Waals surface area contributed by atoms with Crippen LogP contribution in [0.1, 0.15) is 19.3 Å². The maximum atomic E-state index is 5.53. The zero-order valence-electron chi connectivity index (χ0n) is 6.70. The van der Waals surface area contributed by atoms with Crippen LogP contribution in [-0.2, 0) is 0 Å². The number of hydrogen-bond acceptors (Lipinski definition) is 1. The van der Waals surface area contributed by atoms with Crippen molar-refractivity contribution in [2.24, 2.45) is 0 Å². The summed E-state index contributed by atoms with van der Waals surface area (Å²) in [6.07, 6.45) is 8.14. The zero-order valence-corrected chi connectivity index (χ0v) is 7.45. The molecule has 0 radical (unpaired) electrons. The summed E-state index contributed by atoms with van der Waals surface area (Å²) in [5.41, 5.74) is 0. The van der Waals surface area contributed by atoms with Crippen molar-refractivity contribution in [3.63, 3.8) is 0 Å². The van der Waals surface area contributed by atoms with E-state index in [2.05, 4.69) is 17.8 Å². The second kappa shape index (κ2) is 7.65. The lowest BCUT2D eigenvalue weighted by Gasteiger charge is -2.00. The van der Waals surface area contributed by atoms with Crippen LogP contribution < -0.4 is 5.32 Å². The number of unbranched alkanes of at least 4 members (excludes halogenated alkanes) is 2. The maximum absolute atomic E-state index is 5.53. The van der Waals surface area contributed by atoms with Gasteiger partial charge in [0.2, 0.25) is 0 Å². The first-order valence-corrected chi connectivity index (χ1v) is 4.12. The predicted molar refractivity (Wildman–Crippen MR) is 50.5 cm³/mol. The fraction of sp³-hybridized carbons (Fsp3) is 0.556. The highest BCUT2D eigenvalue weighted by Crippen LogP contribution is 1.94. The molecule has 0 amide bonds. The monoisotopic (exact) mass is 171 g/mol. The second-order valence-electron chi connectivity index (χ2n) is 2.36. The lowest BCUT2D eigenvalue weighted by molar-refractivity contribution is 0.663. The Labute approximate surface area is 73.8 Å². The number of terminal acetylenes is 1. The van der Waals surface area contributed by atoms with Crippen LogP contribution in [-0.4, -0.2) is 13.1 Å². The molecular formula is C9H14ClN. The summed E-state index contributed by atoms with van der Waals surface area (Å²) in [7, 11) is 0. The highest BCUT2D eigenvalue weighted by Gasteiger charge is 1.88. The molecule has 0 saturated heterocycles. The Morgan fingerprint density at radius 2 is 2.27 bits per heavy atom. The van der Waals surface area contributed by atoms with Gasteiger partial charge in [-0.05, 0) is 19.4 Å². The first-order chi connectivity index (χ1) is 5.27. The van der Waals surface area contributed by atoms with Gasteiger partial charge in [-0.2, -0.15) is 0 Å². The first-order valence-electron chi connectivity index (χ1n) is 3.75. The summed E-state index contributed by atoms with van der Waals surface area (Å²) in [5, 5.41) is 3.80. The molecule has 0 atom stereocenters. The third kappa shape index (κ3) is 9.55. The van der Waals surface area contributed by atoms with Crippen LogP contribution in [0.25, 0.3) is 0 Å². The molecule has 1 N–H and O–H groups in total. The summed E-state index contributed by atoms with van der Waals surface area (Å²) >= 11 is 5.53. The summed E-state index contributed by atoms with van der Waals surface area (Å²) in [6.45, 7) is 5.22. The van der Waals surface area contributed by atoms with E-state index in [1.165, 1.54) is 0 Å². The molecule has 0 spiro atoms. The molecule has 0 bridgehead atoms. The van der Waals surface area contributed by atoms with Crippen LogP contribution in [0, 0.1) is 12.3 Å². The van der Waals surface area contributed by atoms with Crippen molar-refractivity contribution in [2.45, 2.75) is 19.3 Å². The SMILES string of the molecule is C#CCCCCNCC(=C)Cl. The van der Waals surface area contributed by atoms with Crippen molar-refractivity contribution < 1.29 is 0 Å². The second-order valence-corrected chi connectivity index (χ2v) is 2.89. The molecule has 0 aromatic heterocycles. The predicted octanol–water partition coefficient (Wildman–Crippen LogP) is 2.13. The van der Waals surface area contributed by atoms with E-state index in [4.69, 9.17) is 18.0 Å². The van der Waals surface area contributed by atoms with Crippen molar-refractivity contribution in [1.29, 1.82) is 0 Å². The Balaban J connectivity index is 2.92. The van der Waals surface area contributed by atoms with Crippen molar-refractivity contribution in [3.8, 4) is 12.3 Å². The smallest absolute Gasteiger partial charge is 0.0307 e. The van der Waals surface area contributed by atoms with Gasteiger partial charge in [-0.25, -0.2) is 0 Å². The van der Waals surface area contributed by atoms with E-state index < -0.39 is 0 Å². The third-order valence-corrected chi connectivity index (χ3v) is 1.38. The molecule has 0 saturated carbocycles. The van der Waals surface area contributed by atoms with E-state index >= 15 is 0 Å². The first kappa shape index (κ1) is 10.6. The van der Waals surface area contributed by atoms with Gasteiger partial charge in [0.05, 0.1) is 0 Å². The average molecular weight is 172 g/mol. The van der Waals surface area contributed by atoms with E-state index in [9.17, 15) is 0 Å². The van der Waals surface area contributed by atoms with Gasteiger partial charge in [0.25, 0.3) is 0 Å². The van der Waals surface area contributed by atoms with Gasteiger partial charge >= 0.3 is 0 Å². The molecule has 2 heteroatoms. The number of halogens is 1. The van der Waals surface area contributed by atoms with Gasteiger partial charge in [-0.3, -0.25) is 0 Å². The van der Waals surface area contributed by atoms with Crippen LogP contribution in [0.15, 0.2) is 11.6 Å². The molecular weight excluding hydrogens is 158 g/mol. The minimum Gasteiger partial charge on any atom is -0.312 e. The molecule has 0 heterocycles. The fourth-order valence-electron chi connectivity index (χ4n) is 0.701. The van der Waals surface area contributed by atoms with Crippen LogP contribution in [0.3, 0.4) is 0 Å². The standard InChI is InChI=1S/C9H14ClN/c1-3-4-5-6-7-11-8-9(2)10/h1,11H,2,4-8H2. The molecule has 0 aliphatic carbocycles. The Morgan fingerprint density at radius 3 is 2.82 bits per heavy atom. The molecule has 0 aromatic rings. The van der Waals surface area contributed by atoms with Gasteiger partial charge in [0.1, 0.15) is 0 Å². The van der Waals surface area contributed by atoms with Gasteiger partial charge in [0.15, 0.2) is 0 Å². The lowest BCUT2D eigenvalue weighted by atomic mass is 10.2. The minimum atomic E-state index is 0.655. The van der Waals surface area contributed by atoms with E-state index in [1.807, 2.05) is 0 Å². The number of rotatable bonds is 6. The van der Waals surface area contributed by atoms with Crippen molar-refractivity contribution in [3.05, 3.63) is 11.6 Å². The molecule has 0 rings (SSSR count). The molecule has 0 aromatic carbocycles. The Morgan fingerprint density at radius 1 is 1.55 bits per heavy atom. The normalized spacial score (nSPS) is 9.09. The molecule has 0 unspecified atom stereocenters. The van der Waals surface area contributed by atoms with Gasteiger partial charge in [0, 0.05) is 18.0 Å². The van der Waals surface area contributed by atoms with Crippen molar-refractivity contribution in [1.82, 2.24) is 5.32 Å². The van der Waals surface area contributed by atoms with Crippen LogP contribution >= 0.6 is 11.6 Å². The molecule has 1 nitrogen and oxygen atoms in total. The average Bonchev–Trinajstić information content (AvgIpc) is 1.96. The maximum Gasteiger partial charge on any atom is 0.0307 e.